The van der Waals surface area contributed by atoms with Crippen LogP contribution in [0.15, 0.2) is 72.9 Å². The Hall–Kier alpha value is -3.18. The molecule has 2 N–H and O–H groups in total. The maximum atomic E-state index is 12.2. The first-order valence-electron chi connectivity index (χ1n) is 8.88. The van der Waals surface area contributed by atoms with E-state index in [0.717, 1.165) is 16.7 Å². The lowest BCUT2D eigenvalue weighted by Gasteiger charge is -2.13. The molecule has 0 aliphatic heterocycles. The van der Waals surface area contributed by atoms with Crippen molar-refractivity contribution in [2.75, 3.05) is 13.2 Å². The summed E-state index contributed by atoms with van der Waals surface area (Å²) in [5.41, 5.74) is 3.37. The minimum atomic E-state index is -0.783. The van der Waals surface area contributed by atoms with E-state index in [-0.39, 0.29) is 12.5 Å². The first kappa shape index (κ1) is 18.6. The second kappa shape index (κ2) is 8.96. The molecule has 1 aromatic heterocycles. The predicted molar refractivity (Wildman–Crippen MR) is 105 cm³/mol. The molecule has 0 saturated carbocycles. The number of aliphatic hydroxyl groups is 1. The average Bonchev–Trinajstić information content (AvgIpc) is 2.73. The van der Waals surface area contributed by atoms with Gasteiger partial charge < -0.3 is 15.2 Å². The van der Waals surface area contributed by atoms with Crippen molar-refractivity contribution in [3.05, 3.63) is 84.1 Å². The van der Waals surface area contributed by atoms with Crippen molar-refractivity contribution in [1.29, 1.82) is 0 Å². The van der Waals surface area contributed by atoms with Crippen LogP contribution in [0.5, 0.6) is 5.88 Å². The normalized spacial score (nSPS) is 11.6. The number of nitrogens with one attached hydrogen (secondary N) is 1. The van der Waals surface area contributed by atoms with E-state index in [9.17, 15) is 9.90 Å². The summed E-state index contributed by atoms with van der Waals surface area (Å²) in [7, 11) is 0. The highest BCUT2D eigenvalue weighted by atomic mass is 16.5. The van der Waals surface area contributed by atoms with Crippen LogP contribution in [0.4, 0.5) is 0 Å². The van der Waals surface area contributed by atoms with Crippen LogP contribution in [0.3, 0.4) is 0 Å². The molecular weight excluding hydrogens is 340 g/mol. The van der Waals surface area contributed by atoms with Gasteiger partial charge in [0.2, 0.25) is 5.88 Å². The first-order valence-corrected chi connectivity index (χ1v) is 8.88. The summed E-state index contributed by atoms with van der Waals surface area (Å²) in [5.74, 6) is 0.193. The van der Waals surface area contributed by atoms with E-state index in [1.165, 1.54) is 6.20 Å². The fourth-order valence-electron chi connectivity index (χ4n) is 2.69. The summed E-state index contributed by atoms with van der Waals surface area (Å²) in [4.78, 5) is 16.3. The lowest BCUT2D eigenvalue weighted by Crippen LogP contribution is -2.28. The Balaban J connectivity index is 1.57. The van der Waals surface area contributed by atoms with E-state index in [0.29, 0.717) is 18.1 Å². The summed E-state index contributed by atoms with van der Waals surface area (Å²) in [6, 6.07) is 21.0. The Morgan fingerprint density at radius 3 is 2.37 bits per heavy atom. The molecule has 0 bridgehead atoms. The predicted octanol–water partition coefficient (Wildman–Crippen LogP) is 3.61. The molecule has 27 heavy (non-hydrogen) atoms. The third kappa shape index (κ3) is 4.92. The van der Waals surface area contributed by atoms with Crippen LogP contribution in [-0.2, 0) is 0 Å². The summed E-state index contributed by atoms with van der Waals surface area (Å²) in [6.45, 7) is 2.51. The molecule has 5 heteroatoms. The second-order valence-corrected chi connectivity index (χ2v) is 6.03. The number of pyridine rings is 1. The SMILES string of the molecule is CCOc1ccc(C(=O)NCC(O)c2ccc(-c3ccccc3)cc2)cn1. The lowest BCUT2D eigenvalue weighted by molar-refractivity contribution is 0.0916. The van der Waals surface area contributed by atoms with Crippen molar-refractivity contribution in [2.45, 2.75) is 13.0 Å². The molecule has 2 aromatic carbocycles. The second-order valence-electron chi connectivity index (χ2n) is 6.03. The van der Waals surface area contributed by atoms with E-state index in [1.807, 2.05) is 61.5 Å². The molecule has 0 saturated heterocycles. The Labute approximate surface area is 158 Å². The van der Waals surface area contributed by atoms with Gasteiger partial charge in [0, 0.05) is 18.8 Å². The Morgan fingerprint density at radius 2 is 1.74 bits per heavy atom. The molecule has 0 aliphatic rings. The van der Waals surface area contributed by atoms with Crippen LogP contribution in [0.1, 0.15) is 28.9 Å². The van der Waals surface area contributed by atoms with Crippen LogP contribution < -0.4 is 10.1 Å². The van der Waals surface area contributed by atoms with E-state index < -0.39 is 6.10 Å². The number of aromatic nitrogens is 1. The summed E-state index contributed by atoms with van der Waals surface area (Å²) < 4.78 is 5.26. The molecule has 1 unspecified atom stereocenters. The first-order chi connectivity index (χ1) is 13.2. The van der Waals surface area contributed by atoms with Gasteiger partial charge in [-0.05, 0) is 29.7 Å². The zero-order chi connectivity index (χ0) is 19.1. The van der Waals surface area contributed by atoms with E-state index >= 15 is 0 Å². The van der Waals surface area contributed by atoms with E-state index in [2.05, 4.69) is 10.3 Å². The Morgan fingerprint density at radius 1 is 1.04 bits per heavy atom. The fraction of sp³-hybridized carbons (Fsp3) is 0.182. The van der Waals surface area contributed by atoms with Crippen molar-refractivity contribution in [1.82, 2.24) is 10.3 Å². The molecule has 0 fully saturated rings. The third-order valence-electron chi connectivity index (χ3n) is 4.15. The molecule has 3 rings (SSSR count). The van der Waals surface area contributed by atoms with Crippen LogP contribution in [0.2, 0.25) is 0 Å². The van der Waals surface area contributed by atoms with Crippen LogP contribution in [0, 0.1) is 0 Å². The van der Waals surface area contributed by atoms with Gasteiger partial charge in [-0.25, -0.2) is 4.98 Å². The van der Waals surface area contributed by atoms with Crippen molar-refractivity contribution < 1.29 is 14.6 Å². The largest absolute Gasteiger partial charge is 0.478 e. The van der Waals surface area contributed by atoms with Gasteiger partial charge in [-0.1, -0.05) is 54.6 Å². The molecule has 138 valence electrons. The number of rotatable bonds is 7. The average molecular weight is 362 g/mol. The van der Waals surface area contributed by atoms with Gasteiger partial charge in [-0.2, -0.15) is 0 Å². The molecule has 1 amide bonds. The highest BCUT2D eigenvalue weighted by Crippen LogP contribution is 2.21. The molecule has 0 spiro atoms. The van der Waals surface area contributed by atoms with E-state index in [4.69, 9.17) is 4.74 Å². The molecule has 1 heterocycles. The van der Waals surface area contributed by atoms with Crippen LogP contribution >= 0.6 is 0 Å². The van der Waals surface area contributed by atoms with Crippen LogP contribution in [-0.4, -0.2) is 29.1 Å². The van der Waals surface area contributed by atoms with Gasteiger partial charge in [0.15, 0.2) is 0 Å². The zero-order valence-electron chi connectivity index (χ0n) is 15.1. The Bertz CT molecular complexity index is 862. The summed E-state index contributed by atoms with van der Waals surface area (Å²) >= 11 is 0. The maximum Gasteiger partial charge on any atom is 0.252 e. The minimum Gasteiger partial charge on any atom is -0.478 e. The summed E-state index contributed by atoms with van der Waals surface area (Å²) in [6.07, 6.45) is 0.677. The third-order valence-corrected chi connectivity index (χ3v) is 4.15. The number of nitrogens with zero attached hydrogens (tertiary/aromatic N) is 1. The lowest BCUT2D eigenvalue weighted by atomic mass is 10.0. The highest BCUT2D eigenvalue weighted by molar-refractivity contribution is 5.93. The summed E-state index contributed by atoms with van der Waals surface area (Å²) in [5, 5.41) is 13.1. The molecule has 5 nitrogen and oxygen atoms in total. The molecular formula is C22H22N2O3. The van der Waals surface area contributed by atoms with Gasteiger partial charge >= 0.3 is 0 Å². The molecule has 0 aliphatic carbocycles. The van der Waals surface area contributed by atoms with E-state index in [1.54, 1.807) is 12.1 Å². The van der Waals surface area contributed by atoms with Crippen molar-refractivity contribution in [2.24, 2.45) is 0 Å². The standard InChI is InChI=1S/C22H22N2O3/c1-2-27-21-13-12-19(14-23-21)22(26)24-15-20(25)18-10-8-17(9-11-18)16-6-4-3-5-7-16/h3-14,20,25H,2,15H2,1H3,(H,24,26). The van der Waals surface area contributed by atoms with Gasteiger partial charge in [-0.15, -0.1) is 0 Å². The smallest absolute Gasteiger partial charge is 0.252 e. The number of carbonyl (C=O) groups is 1. The number of carbonyl (C=O) groups excluding carboxylic acids is 1. The zero-order valence-corrected chi connectivity index (χ0v) is 15.1. The van der Waals surface area contributed by atoms with Gasteiger partial charge in [0.25, 0.3) is 5.91 Å². The number of hydrogen-bond acceptors (Lipinski definition) is 4. The van der Waals surface area contributed by atoms with Gasteiger partial charge in [0.05, 0.1) is 18.3 Å². The van der Waals surface area contributed by atoms with Crippen molar-refractivity contribution in [3.8, 4) is 17.0 Å². The van der Waals surface area contributed by atoms with Crippen molar-refractivity contribution >= 4 is 5.91 Å². The highest BCUT2D eigenvalue weighted by Gasteiger charge is 2.12. The van der Waals surface area contributed by atoms with Crippen molar-refractivity contribution in [3.63, 3.8) is 0 Å². The van der Waals surface area contributed by atoms with Crippen LogP contribution in [0.25, 0.3) is 11.1 Å². The fourth-order valence-corrected chi connectivity index (χ4v) is 2.69. The Kier molecular flexibility index (Phi) is 6.18. The van der Waals surface area contributed by atoms with Gasteiger partial charge in [0.1, 0.15) is 0 Å². The monoisotopic (exact) mass is 362 g/mol. The number of benzene rings is 2. The van der Waals surface area contributed by atoms with Gasteiger partial charge in [-0.3, -0.25) is 4.79 Å². The maximum absolute atomic E-state index is 12.2. The number of amides is 1. The molecule has 0 radical (unpaired) electrons. The quantitative estimate of drug-likeness (QED) is 0.673. The number of ether oxygens (including phenoxy) is 1. The number of aliphatic hydroxyl groups excluding tert-OH is 1. The minimum absolute atomic E-state index is 0.122. The molecule has 1 atom stereocenters. The molecule has 3 aromatic rings. The topological polar surface area (TPSA) is 71.5 Å². The number of hydrogen-bond donors (Lipinski definition) is 2.